The van der Waals surface area contributed by atoms with Gasteiger partial charge in [0.25, 0.3) is 0 Å². The van der Waals surface area contributed by atoms with E-state index in [1.165, 1.54) is 22.3 Å². The van der Waals surface area contributed by atoms with Crippen molar-refractivity contribution in [1.29, 1.82) is 0 Å². The molecule has 2 heteroatoms. The summed E-state index contributed by atoms with van der Waals surface area (Å²) in [4.78, 5) is 11.9. The molecule has 0 spiro atoms. The highest BCUT2D eigenvalue weighted by Crippen LogP contribution is 2.43. The quantitative estimate of drug-likeness (QED) is 0.598. The normalized spacial score (nSPS) is 18.0. The highest BCUT2D eigenvalue weighted by atomic mass is 16.6. The summed E-state index contributed by atoms with van der Waals surface area (Å²) in [5.41, 5.74) is 5.44. The van der Waals surface area contributed by atoms with Gasteiger partial charge >= 0.3 is 5.97 Å². The fraction of sp³-hybridized carbons (Fsp3) is 0.526. The maximum atomic E-state index is 11.9. The summed E-state index contributed by atoms with van der Waals surface area (Å²) in [7, 11) is 0. The molecule has 0 aromatic heterocycles. The van der Waals surface area contributed by atoms with Crippen molar-refractivity contribution in [2.45, 2.75) is 65.4 Å². The lowest BCUT2D eigenvalue weighted by Crippen LogP contribution is -2.37. The molecule has 0 saturated heterocycles. The fourth-order valence-corrected chi connectivity index (χ4v) is 3.43. The highest BCUT2D eigenvalue weighted by Gasteiger charge is 2.38. The van der Waals surface area contributed by atoms with Gasteiger partial charge in [-0.1, -0.05) is 18.7 Å². The Labute approximate surface area is 128 Å². The largest absolute Gasteiger partial charge is 0.456 e. The van der Waals surface area contributed by atoms with E-state index in [2.05, 4.69) is 32.6 Å². The van der Waals surface area contributed by atoms with Crippen LogP contribution in [0.1, 0.15) is 61.8 Å². The van der Waals surface area contributed by atoms with E-state index in [1.807, 2.05) is 13.8 Å². The van der Waals surface area contributed by atoms with E-state index >= 15 is 0 Å². The number of benzene rings is 1. The van der Waals surface area contributed by atoms with E-state index in [0.29, 0.717) is 5.57 Å². The second-order valence-corrected chi connectivity index (χ2v) is 6.81. The highest BCUT2D eigenvalue weighted by molar-refractivity contribution is 5.87. The summed E-state index contributed by atoms with van der Waals surface area (Å²) in [6.45, 7) is 13.8. The van der Waals surface area contributed by atoms with Gasteiger partial charge < -0.3 is 4.74 Å². The molecule has 21 heavy (non-hydrogen) atoms. The van der Waals surface area contributed by atoms with Crippen LogP contribution in [0.4, 0.5) is 0 Å². The number of carbonyl (C=O) groups is 1. The molecular weight excluding hydrogens is 260 g/mol. The molecule has 1 aromatic carbocycles. The van der Waals surface area contributed by atoms with Gasteiger partial charge in [-0.3, -0.25) is 0 Å². The van der Waals surface area contributed by atoms with Crippen molar-refractivity contribution in [2.75, 3.05) is 0 Å². The Hall–Kier alpha value is -1.57. The maximum absolute atomic E-state index is 11.9. The maximum Gasteiger partial charge on any atom is 0.333 e. The molecule has 114 valence electrons. The zero-order valence-corrected chi connectivity index (χ0v) is 13.9. The molecule has 1 aliphatic carbocycles. The Morgan fingerprint density at radius 3 is 2.52 bits per heavy atom. The van der Waals surface area contributed by atoms with Crippen LogP contribution in [-0.2, 0) is 16.0 Å². The van der Waals surface area contributed by atoms with E-state index in [9.17, 15) is 4.79 Å². The van der Waals surface area contributed by atoms with Crippen LogP contribution >= 0.6 is 0 Å². The molecule has 0 aliphatic heterocycles. The first-order valence-corrected chi connectivity index (χ1v) is 7.72. The predicted molar refractivity (Wildman–Crippen MR) is 86.6 cm³/mol. The minimum absolute atomic E-state index is 0.254. The average Bonchev–Trinajstić information content (AvgIpc) is 2.42. The van der Waals surface area contributed by atoms with E-state index < -0.39 is 5.60 Å². The van der Waals surface area contributed by atoms with Crippen LogP contribution in [-0.4, -0.2) is 11.6 Å². The standard InChI is InChI=1S/C19H26O2/c1-12(2)18(20)21-19(5,6)16-9-7-8-15-13(3)10-11-14(4)17(15)16/h10-11,16H,1,7-9H2,2-6H3. The number of rotatable bonds is 3. The zero-order chi connectivity index (χ0) is 15.8. The van der Waals surface area contributed by atoms with E-state index in [-0.39, 0.29) is 11.9 Å². The van der Waals surface area contributed by atoms with Crippen LogP contribution < -0.4 is 0 Å². The first kappa shape index (κ1) is 15.8. The van der Waals surface area contributed by atoms with Gasteiger partial charge in [-0.25, -0.2) is 4.79 Å². The first-order chi connectivity index (χ1) is 9.74. The average molecular weight is 286 g/mol. The number of hydrogen-bond acceptors (Lipinski definition) is 2. The minimum Gasteiger partial charge on any atom is -0.456 e. The van der Waals surface area contributed by atoms with Gasteiger partial charge in [0, 0.05) is 11.5 Å². The number of hydrogen-bond donors (Lipinski definition) is 0. The molecule has 0 bridgehead atoms. The van der Waals surface area contributed by atoms with Crippen LogP contribution in [0.15, 0.2) is 24.3 Å². The van der Waals surface area contributed by atoms with Gasteiger partial charge in [-0.05, 0) is 76.1 Å². The van der Waals surface area contributed by atoms with Crippen molar-refractivity contribution < 1.29 is 9.53 Å². The molecule has 1 atom stereocenters. The molecule has 0 radical (unpaired) electrons. The molecule has 0 N–H and O–H groups in total. The van der Waals surface area contributed by atoms with Crippen molar-refractivity contribution in [3.63, 3.8) is 0 Å². The molecule has 0 saturated carbocycles. The monoisotopic (exact) mass is 286 g/mol. The molecule has 2 rings (SSSR count). The van der Waals surface area contributed by atoms with Gasteiger partial charge in [-0.15, -0.1) is 0 Å². The van der Waals surface area contributed by atoms with Crippen LogP contribution in [0, 0.1) is 13.8 Å². The Kier molecular flexibility index (Phi) is 4.27. The van der Waals surface area contributed by atoms with Gasteiger partial charge in [0.05, 0.1) is 0 Å². The third-order valence-electron chi connectivity index (χ3n) is 4.62. The molecule has 0 heterocycles. The lowest BCUT2D eigenvalue weighted by atomic mass is 9.72. The van der Waals surface area contributed by atoms with Crippen molar-refractivity contribution in [1.82, 2.24) is 0 Å². The molecule has 1 aliphatic rings. The summed E-state index contributed by atoms with van der Waals surface area (Å²) in [5.74, 6) is -0.0399. The smallest absolute Gasteiger partial charge is 0.333 e. The summed E-state index contributed by atoms with van der Waals surface area (Å²) in [6, 6.07) is 4.38. The SMILES string of the molecule is C=C(C)C(=O)OC(C)(C)C1CCCc2c(C)ccc(C)c21. The lowest BCUT2D eigenvalue weighted by molar-refractivity contribution is -0.154. The second kappa shape index (κ2) is 5.67. The summed E-state index contributed by atoms with van der Waals surface area (Å²) in [5, 5.41) is 0. The summed E-state index contributed by atoms with van der Waals surface area (Å²) < 4.78 is 5.75. The summed E-state index contributed by atoms with van der Waals surface area (Å²) >= 11 is 0. The Balaban J connectivity index is 2.41. The molecule has 0 amide bonds. The lowest BCUT2D eigenvalue weighted by Gasteiger charge is -2.39. The summed E-state index contributed by atoms with van der Waals surface area (Å²) in [6.07, 6.45) is 3.34. The third kappa shape index (κ3) is 3.04. The topological polar surface area (TPSA) is 26.3 Å². The van der Waals surface area contributed by atoms with Crippen LogP contribution in [0.25, 0.3) is 0 Å². The van der Waals surface area contributed by atoms with Gasteiger partial charge in [0.15, 0.2) is 0 Å². The third-order valence-corrected chi connectivity index (χ3v) is 4.62. The first-order valence-electron chi connectivity index (χ1n) is 7.72. The number of fused-ring (bicyclic) bond motifs is 1. The molecule has 2 nitrogen and oxygen atoms in total. The van der Waals surface area contributed by atoms with E-state index in [1.54, 1.807) is 6.92 Å². The molecule has 1 aromatic rings. The number of aryl methyl sites for hydroxylation is 2. The number of esters is 1. The van der Waals surface area contributed by atoms with Gasteiger partial charge in [0.1, 0.15) is 5.60 Å². The Bertz CT molecular complexity index is 581. The molecular formula is C19H26O2. The molecule has 0 fully saturated rings. The van der Waals surface area contributed by atoms with Gasteiger partial charge in [0.2, 0.25) is 0 Å². The van der Waals surface area contributed by atoms with Crippen molar-refractivity contribution in [3.05, 3.63) is 46.5 Å². The Morgan fingerprint density at radius 1 is 1.29 bits per heavy atom. The zero-order valence-electron chi connectivity index (χ0n) is 13.9. The van der Waals surface area contributed by atoms with E-state index in [4.69, 9.17) is 4.74 Å². The fourth-order valence-electron chi connectivity index (χ4n) is 3.43. The second-order valence-electron chi connectivity index (χ2n) is 6.81. The van der Waals surface area contributed by atoms with Crippen molar-refractivity contribution >= 4 is 5.97 Å². The van der Waals surface area contributed by atoms with E-state index in [0.717, 1.165) is 19.3 Å². The van der Waals surface area contributed by atoms with Crippen LogP contribution in [0.5, 0.6) is 0 Å². The predicted octanol–water partition coefficient (Wildman–Crippen LogP) is 4.62. The Morgan fingerprint density at radius 2 is 1.90 bits per heavy atom. The van der Waals surface area contributed by atoms with Crippen LogP contribution in [0.3, 0.4) is 0 Å². The number of carbonyl (C=O) groups excluding carboxylic acids is 1. The van der Waals surface area contributed by atoms with Crippen LogP contribution in [0.2, 0.25) is 0 Å². The van der Waals surface area contributed by atoms with Crippen molar-refractivity contribution in [3.8, 4) is 0 Å². The molecule has 1 unspecified atom stereocenters. The van der Waals surface area contributed by atoms with Gasteiger partial charge in [-0.2, -0.15) is 0 Å². The number of ether oxygens (including phenoxy) is 1. The minimum atomic E-state index is -0.510. The van der Waals surface area contributed by atoms with Crippen molar-refractivity contribution in [2.24, 2.45) is 0 Å².